The number of benzene rings is 1. The monoisotopic (exact) mass is 207 g/mol. The Labute approximate surface area is 90.7 Å². The Morgan fingerprint density at radius 2 is 1.33 bits per heavy atom. The van der Waals surface area contributed by atoms with Crippen molar-refractivity contribution in [3.63, 3.8) is 0 Å². The molecule has 0 radical (unpaired) electrons. The van der Waals surface area contributed by atoms with Crippen LogP contribution >= 0.6 is 0 Å². The number of carbonyl (C=O) groups is 2. The number of aryl methyl sites for hydroxylation is 2. The Morgan fingerprint density at radius 1 is 0.933 bits per heavy atom. The highest BCUT2D eigenvalue weighted by molar-refractivity contribution is 5.95. The Morgan fingerprint density at radius 3 is 1.67 bits per heavy atom. The second-order valence-electron chi connectivity index (χ2n) is 2.96. The minimum absolute atomic E-state index is 0.501. The van der Waals surface area contributed by atoms with E-state index in [1.54, 1.807) is 12.1 Å². The molecule has 0 aromatic heterocycles. The van der Waals surface area contributed by atoms with Gasteiger partial charge in [0.15, 0.2) is 0 Å². The third-order valence-electron chi connectivity index (χ3n) is 1.73. The van der Waals surface area contributed by atoms with Gasteiger partial charge in [0.1, 0.15) is 0 Å². The third-order valence-corrected chi connectivity index (χ3v) is 1.73. The third kappa shape index (κ3) is 3.94. The first-order chi connectivity index (χ1) is 7.17. The van der Waals surface area contributed by atoms with E-state index in [2.05, 4.69) is 0 Å². The summed E-state index contributed by atoms with van der Waals surface area (Å²) in [6, 6.07) is 5.56. The van der Waals surface area contributed by atoms with Gasteiger partial charge in [-0.25, -0.2) is 0 Å². The van der Waals surface area contributed by atoms with Gasteiger partial charge < -0.3 is 0 Å². The van der Waals surface area contributed by atoms with Crippen LogP contribution in [-0.4, -0.2) is 12.8 Å². The van der Waals surface area contributed by atoms with E-state index in [1.165, 1.54) is 0 Å². The van der Waals surface area contributed by atoms with Gasteiger partial charge >= 0.3 is 0 Å². The van der Waals surface area contributed by atoms with Crippen LogP contribution in [0.5, 0.6) is 0 Å². The van der Waals surface area contributed by atoms with Gasteiger partial charge in [0.05, 0.1) is 5.69 Å². The van der Waals surface area contributed by atoms with Crippen molar-refractivity contribution in [2.45, 2.75) is 27.7 Å². The molecule has 0 atom stereocenters. The van der Waals surface area contributed by atoms with Crippen LogP contribution in [0, 0.1) is 13.8 Å². The average Bonchev–Trinajstić information content (AvgIpc) is 2.21. The van der Waals surface area contributed by atoms with Crippen molar-refractivity contribution in [1.82, 2.24) is 0 Å². The maximum absolute atomic E-state index is 10.5. The number of imide groups is 1. The van der Waals surface area contributed by atoms with Crippen LogP contribution in [0.25, 0.3) is 0 Å². The molecule has 3 heteroatoms. The molecule has 82 valence electrons. The normalized spacial score (nSPS) is 8.53. The van der Waals surface area contributed by atoms with Crippen LogP contribution in [0.3, 0.4) is 0 Å². The van der Waals surface area contributed by atoms with Crippen molar-refractivity contribution < 1.29 is 9.59 Å². The van der Waals surface area contributed by atoms with Crippen molar-refractivity contribution in [1.29, 1.82) is 0 Å². The van der Waals surface area contributed by atoms with Gasteiger partial charge in [-0.1, -0.05) is 19.9 Å². The van der Waals surface area contributed by atoms with E-state index in [9.17, 15) is 9.59 Å². The van der Waals surface area contributed by atoms with E-state index in [1.807, 2.05) is 33.8 Å². The summed E-state index contributed by atoms with van der Waals surface area (Å²) in [6.07, 6.45) is 1.00. The lowest BCUT2D eigenvalue weighted by Crippen LogP contribution is -2.18. The molecule has 0 saturated heterocycles. The second-order valence-corrected chi connectivity index (χ2v) is 2.96. The molecule has 2 amide bonds. The van der Waals surface area contributed by atoms with Gasteiger partial charge in [-0.3, -0.25) is 14.5 Å². The molecular formula is C12H17NO2. The quantitative estimate of drug-likeness (QED) is 0.714. The summed E-state index contributed by atoms with van der Waals surface area (Å²) in [5.74, 6) is 0. The number of anilines is 1. The summed E-state index contributed by atoms with van der Waals surface area (Å²) in [7, 11) is 0. The van der Waals surface area contributed by atoms with Gasteiger partial charge in [0.2, 0.25) is 12.8 Å². The van der Waals surface area contributed by atoms with Gasteiger partial charge in [-0.05, 0) is 37.1 Å². The molecule has 0 aliphatic heterocycles. The summed E-state index contributed by atoms with van der Waals surface area (Å²) in [4.78, 5) is 21.9. The Hall–Kier alpha value is -1.64. The van der Waals surface area contributed by atoms with Crippen molar-refractivity contribution in [2.24, 2.45) is 0 Å². The second kappa shape index (κ2) is 6.76. The highest BCUT2D eigenvalue weighted by Gasteiger charge is 2.03. The zero-order valence-corrected chi connectivity index (χ0v) is 9.65. The molecule has 0 heterocycles. The average molecular weight is 207 g/mol. The first-order valence-electron chi connectivity index (χ1n) is 4.94. The first kappa shape index (κ1) is 13.4. The van der Waals surface area contributed by atoms with E-state index in [0.717, 1.165) is 16.0 Å². The van der Waals surface area contributed by atoms with Crippen LogP contribution in [0.4, 0.5) is 5.69 Å². The summed E-state index contributed by atoms with van der Waals surface area (Å²) in [6.45, 7) is 7.84. The molecule has 15 heavy (non-hydrogen) atoms. The molecule has 0 unspecified atom stereocenters. The van der Waals surface area contributed by atoms with Crippen molar-refractivity contribution in [3.8, 4) is 0 Å². The fraction of sp³-hybridized carbons (Fsp3) is 0.333. The number of hydrogen-bond acceptors (Lipinski definition) is 2. The summed E-state index contributed by atoms with van der Waals surface area (Å²) in [5.41, 5.74) is 2.68. The number of hydrogen-bond donors (Lipinski definition) is 0. The van der Waals surface area contributed by atoms with Crippen LogP contribution in [-0.2, 0) is 9.59 Å². The first-order valence-corrected chi connectivity index (χ1v) is 4.94. The molecule has 0 spiro atoms. The van der Waals surface area contributed by atoms with Crippen LogP contribution < -0.4 is 4.90 Å². The lowest BCUT2D eigenvalue weighted by Gasteiger charge is -2.10. The molecular weight excluding hydrogens is 190 g/mol. The topological polar surface area (TPSA) is 37.4 Å². The number of rotatable bonds is 3. The zero-order chi connectivity index (χ0) is 11.8. The number of carbonyl (C=O) groups excluding carboxylic acids is 2. The molecule has 0 saturated carbocycles. The number of amides is 2. The molecule has 1 aromatic rings. The summed E-state index contributed by atoms with van der Waals surface area (Å²) < 4.78 is 0. The Kier molecular flexibility index (Phi) is 6.02. The largest absolute Gasteiger partial charge is 0.278 e. The van der Waals surface area contributed by atoms with E-state index >= 15 is 0 Å². The van der Waals surface area contributed by atoms with Crippen LogP contribution in [0.1, 0.15) is 25.0 Å². The van der Waals surface area contributed by atoms with E-state index in [-0.39, 0.29) is 0 Å². The maximum Gasteiger partial charge on any atom is 0.220 e. The van der Waals surface area contributed by atoms with Gasteiger partial charge in [0.25, 0.3) is 0 Å². The van der Waals surface area contributed by atoms with Crippen LogP contribution in [0.2, 0.25) is 0 Å². The highest BCUT2D eigenvalue weighted by atomic mass is 16.2. The maximum atomic E-state index is 10.5. The molecule has 0 bridgehead atoms. The van der Waals surface area contributed by atoms with Crippen LogP contribution in [0.15, 0.2) is 18.2 Å². The molecule has 0 aliphatic rings. The van der Waals surface area contributed by atoms with Crippen molar-refractivity contribution >= 4 is 18.5 Å². The molecule has 1 aromatic carbocycles. The zero-order valence-electron chi connectivity index (χ0n) is 9.65. The fourth-order valence-electron chi connectivity index (χ4n) is 1.25. The van der Waals surface area contributed by atoms with Gasteiger partial charge in [-0.2, -0.15) is 0 Å². The smallest absolute Gasteiger partial charge is 0.220 e. The Bertz CT molecular complexity index is 306. The summed E-state index contributed by atoms with van der Waals surface area (Å²) >= 11 is 0. The minimum Gasteiger partial charge on any atom is -0.278 e. The van der Waals surface area contributed by atoms with Gasteiger partial charge in [0, 0.05) is 0 Å². The standard InChI is InChI=1S/C10H11NO2.C2H6/c1-8-3-9(2)5-10(4-8)11(6-12)7-13;1-2/h3-7H,1-2H3;1-2H3. The molecule has 0 N–H and O–H groups in total. The van der Waals surface area contributed by atoms with E-state index in [4.69, 9.17) is 0 Å². The lowest BCUT2D eigenvalue weighted by atomic mass is 10.1. The van der Waals surface area contributed by atoms with Crippen molar-refractivity contribution in [3.05, 3.63) is 29.3 Å². The Balaban J connectivity index is 0.000000921. The molecule has 0 fully saturated rings. The summed E-state index contributed by atoms with van der Waals surface area (Å²) in [5, 5.41) is 0. The fourth-order valence-corrected chi connectivity index (χ4v) is 1.25. The van der Waals surface area contributed by atoms with E-state index in [0.29, 0.717) is 18.5 Å². The minimum atomic E-state index is 0.501. The SMILES string of the molecule is CC.Cc1cc(C)cc(N(C=O)C=O)c1. The molecule has 3 nitrogen and oxygen atoms in total. The number of nitrogens with zero attached hydrogens (tertiary/aromatic N) is 1. The predicted octanol–water partition coefficient (Wildman–Crippen LogP) is 2.45. The molecule has 1 rings (SSSR count). The van der Waals surface area contributed by atoms with Crippen molar-refractivity contribution in [2.75, 3.05) is 4.90 Å². The highest BCUT2D eigenvalue weighted by Crippen LogP contribution is 2.16. The lowest BCUT2D eigenvalue weighted by molar-refractivity contribution is -0.113. The predicted molar refractivity (Wildman–Crippen MR) is 61.9 cm³/mol. The van der Waals surface area contributed by atoms with E-state index < -0.39 is 0 Å². The molecule has 0 aliphatic carbocycles. The van der Waals surface area contributed by atoms with Gasteiger partial charge in [-0.15, -0.1) is 0 Å².